The summed E-state index contributed by atoms with van der Waals surface area (Å²) in [5.74, 6) is 0.488. The predicted octanol–water partition coefficient (Wildman–Crippen LogP) is 1.93. The second kappa shape index (κ2) is 7.81. The summed E-state index contributed by atoms with van der Waals surface area (Å²) >= 11 is 0. The lowest BCUT2D eigenvalue weighted by atomic mass is 10.00. The zero-order valence-corrected chi connectivity index (χ0v) is 15.7. The molecule has 1 fully saturated rings. The van der Waals surface area contributed by atoms with Gasteiger partial charge >= 0.3 is 0 Å². The van der Waals surface area contributed by atoms with Crippen LogP contribution in [0.15, 0.2) is 33.7 Å². The highest BCUT2D eigenvalue weighted by atomic mass is 32.2. The molecule has 1 aliphatic heterocycles. The summed E-state index contributed by atoms with van der Waals surface area (Å²) in [7, 11) is -1.80. The highest BCUT2D eigenvalue weighted by molar-refractivity contribution is 7.89. The Morgan fingerprint density at radius 1 is 1.38 bits per heavy atom. The van der Waals surface area contributed by atoms with Crippen molar-refractivity contribution in [2.45, 2.75) is 43.0 Å². The SMILES string of the molecule is CNC(C)Cc1noc(C2CCCN(S(=O)(=O)c3ccc(F)cc3)C2)n1. The fraction of sp³-hybridized carbons (Fsp3) is 0.529. The van der Waals surface area contributed by atoms with Crippen molar-refractivity contribution in [2.24, 2.45) is 0 Å². The maximum Gasteiger partial charge on any atom is 0.243 e. The zero-order valence-electron chi connectivity index (χ0n) is 14.9. The van der Waals surface area contributed by atoms with Crippen molar-refractivity contribution >= 4 is 10.0 Å². The van der Waals surface area contributed by atoms with Gasteiger partial charge in [-0.1, -0.05) is 5.16 Å². The maximum absolute atomic E-state index is 13.1. The van der Waals surface area contributed by atoms with Crippen LogP contribution in [0, 0.1) is 5.82 Å². The van der Waals surface area contributed by atoms with Gasteiger partial charge in [0.25, 0.3) is 0 Å². The van der Waals surface area contributed by atoms with Crippen molar-refractivity contribution in [3.63, 3.8) is 0 Å². The third-order valence-corrected chi connectivity index (χ3v) is 6.53. The Morgan fingerprint density at radius 2 is 2.12 bits per heavy atom. The van der Waals surface area contributed by atoms with Crippen LogP contribution >= 0.6 is 0 Å². The number of halogens is 1. The van der Waals surface area contributed by atoms with Crippen LogP contribution in [0.25, 0.3) is 0 Å². The summed E-state index contributed by atoms with van der Waals surface area (Å²) in [6, 6.07) is 5.11. The topological polar surface area (TPSA) is 88.3 Å². The van der Waals surface area contributed by atoms with E-state index in [1.54, 1.807) is 0 Å². The second-order valence-corrected chi connectivity index (χ2v) is 8.54. The van der Waals surface area contributed by atoms with Gasteiger partial charge in [-0.05, 0) is 51.1 Å². The van der Waals surface area contributed by atoms with Gasteiger partial charge in [-0.25, -0.2) is 12.8 Å². The van der Waals surface area contributed by atoms with Crippen LogP contribution in [0.1, 0.15) is 37.4 Å². The van der Waals surface area contributed by atoms with Crippen molar-refractivity contribution < 1.29 is 17.3 Å². The van der Waals surface area contributed by atoms with E-state index in [1.165, 1.54) is 16.4 Å². The third-order valence-electron chi connectivity index (χ3n) is 4.65. The molecule has 2 atom stereocenters. The number of hydrogen-bond acceptors (Lipinski definition) is 6. The fourth-order valence-corrected chi connectivity index (χ4v) is 4.53. The van der Waals surface area contributed by atoms with Crippen LogP contribution < -0.4 is 5.32 Å². The summed E-state index contributed by atoms with van der Waals surface area (Å²) in [4.78, 5) is 4.53. The van der Waals surface area contributed by atoms with E-state index in [9.17, 15) is 12.8 Å². The Bertz CT molecular complexity index is 838. The molecule has 0 radical (unpaired) electrons. The molecule has 1 aromatic heterocycles. The highest BCUT2D eigenvalue weighted by Crippen LogP contribution is 2.29. The molecule has 0 spiro atoms. The molecule has 0 aliphatic carbocycles. The first-order valence-electron chi connectivity index (χ1n) is 8.65. The number of sulfonamides is 1. The van der Waals surface area contributed by atoms with Gasteiger partial charge in [-0.15, -0.1) is 0 Å². The van der Waals surface area contributed by atoms with Crippen LogP contribution in [0.5, 0.6) is 0 Å². The van der Waals surface area contributed by atoms with Gasteiger partial charge in [0.1, 0.15) is 5.82 Å². The normalized spacial score (nSPS) is 20.2. The van der Waals surface area contributed by atoms with Gasteiger partial charge in [-0.2, -0.15) is 9.29 Å². The standard InChI is InChI=1S/C17H23FN4O3S/c1-12(19-2)10-16-20-17(25-21-16)13-4-3-9-22(11-13)26(23,24)15-7-5-14(18)6-8-15/h5-8,12-13,19H,3-4,9-11H2,1-2H3. The van der Waals surface area contributed by atoms with Gasteiger partial charge in [-0.3, -0.25) is 0 Å². The molecule has 142 valence electrons. The summed E-state index contributed by atoms with van der Waals surface area (Å²) in [5, 5.41) is 7.11. The molecular weight excluding hydrogens is 359 g/mol. The number of benzene rings is 1. The Morgan fingerprint density at radius 3 is 2.81 bits per heavy atom. The third kappa shape index (κ3) is 4.11. The first kappa shape index (κ1) is 18.9. The Labute approximate surface area is 152 Å². The largest absolute Gasteiger partial charge is 0.339 e. The molecule has 26 heavy (non-hydrogen) atoms. The van der Waals surface area contributed by atoms with Crippen molar-refractivity contribution in [1.82, 2.24) is 19.8 Å². The minimum atomic E-state index is -3.67. The summed E-state index contributed by atoms with van der Waals surface area (Å²) in [6.07, 6.45) is 2.14. The first-order chi connectivity index (χ1) is 12.4. The zero-order chi connectivity index (χ0) is 18.7. The molecule has 1 aliphatic rings. The fourth-order valence-electron chi connectivity index (χ4n) is 3.01. The number of aromatic nitrogens is 2. The van der Waals surface area contributed by atoms with Crippen molar-refractivity contribution in [3.8, 4) is 0 Å². The van der Waals surface area contributed by atoms with Crippen molar-refractivity contribution in [1.29, 1.82) is 0 Å². The van der Waals surface area contributed by atoms with Crippen molar-refractivity contribution in [3.05, 3.63) is 41.8 Å². The second-order valence-electron chi connectivity index (χ2n) is 6.60. The molecule has 1 N–H and O–H groups in total. The molecule has 7 nitrogen and oxygen atoms in total. The summed E-state index contributed by atoms with van der Waals surface area (Å²) in [5.41, 5.74) is 0. The van der Waals surface area contributed by atoms with Crippen LogP contribution in [-0.2, 0) is 16.4 Å². The van der Waals surface area contributed by atoms with Crippen LogP contribution in [0.3, 0.4) is 0 Å². The van der Waals surface area contributed by atoms with Gasteiger partial charge < -0.3 is 9.84 Å². The number of piperidine rings is 1. The maximum atomic E-state index is 13.1. The minimum Gasteiger partial charge on any atom is -0.339 e. The average Bonchev–Trinajstić information content (AvgIpc) is 3.10. The quantitative estimate of drug-likeness (QED) is 0.821. The monoisotopic (exact) mass is 382 g/mol. The lowest BCUT2D eigenvalue weighted by molar-refractivity contribution is 0.265. The van der Waals surface area contributed by atoms with Gasteiger partial charge in [0.2, 0.25) is 15.9 Å². The van der Waals surface area contributed by atoms with E-state index in [1.807, 2.05) is 14.0 Å². The summed E-state index contributed by atoms with van der Waals surface area (Å²) in [6.45, 7) is 2.73. The van der Waals surface area contributed by atoms with E-state index in [0.29, 0.717) is 31.1 Å². The smallest absolute Gasteiger partial charge is 0.243 e. The molecule has 0 saturated carbocycles. The molecule has 2 unspecified atom stereocenters. The van der Waals surface area contributed by atoms with E-state index in [-0.39, 0.29) is 23.4 Å². The lowest BCUT2D eigenvalue weighted by Gasteiger charge is -2.30. The highest BCUT2D eigenvalue weighted by Gasteiger charge is 2.33. The number of rotatable bonds is 6. The van der Waals surface area contributed by atoms with E-state index in [4.69, 9.17) is 4.52 Å². The lowest BCUT2D eigenvalue weighted by Crippen LogP contribution is -2.39. The van der Waals surface area contributed by atoms with Gasteiger partial charge in [0.05, 0.1) is 10.8 Å². The Hall–Kier alpha value is -1.84. The molecule has 2 heterocycles. The molecule has 1 aromatic carbocycles. The number of likely N-dealkylation sites (N-methyl/N-ethyl adjacent to an activating group) is 1. The number of nitrogens with one attached hydrogen (secondary N) is 1. The van der Waals surface area contributed by atoms with Crippen LogP contribution in [0.2, 0.25) is 0 Å². The predicted molar refractivity (Wildman–Crippen MR) is 93.7 cm³/mol. The molecule has 1 saturated heterocycles. The summed E-state index contributed by atoms with van der Waals surface area (Å²) < 4.78 is 45.4. The minimum absolute atomic E-state index is 0.0913. The van der Waals surface area contributed by atoms with E-state index < -0.39 is 15.8 Å². The Balaban J connectivity index is 1.74. The Kier molecular flexibility index (Phi) is 5.69. The number of hydrogen-bond donors (Lipinski definition) is 1. The van der Waals surface area contributed by atoms with Gasteiger partial charge in [0.15, 0.2) is 5.82 Å². The van der Waals surface area contributed by atoms with Gasteiger partial charge in [0, 0.05) is 25.6 Å². The van der Waals surface area contributed by atoms with E-state index in [0.717, 1.165) is 18.6 Å². The number of nitrogens with zero attached hydrogens (tertiary/aromatic N) is 3. The first-order valence-corrected chi connectivity index (χ1v) is 10.1. The van der Waals surface area contributed by atoms with Crippen LogP contribution in [0.4, 0.5) is 4.39 Å². The molecular formula is C17H23FN4O3S. The molecule has 0 amide bonds. The molecule has 3 rings (SSSR count). The van der Waals surface area contributed by atoms with Crippen molar-refractivity contribution in [2.75, 3.05) is 20.1 Å². The van der Waals surface area contributed by atoms with E-state index in [2.05, 4.69) is 15.5 Å². The van der Waals surface area contributed by atoms with Crippen LogP contribution in [-0.4, -0.2) is 49.0 Å². The molecule has 2 aromatic rings. The molecule has 9 heteroatoms. The van der Waals surface area contributed by atoms with E-state index >= 15 is 0 Å². The molecule has 0 bridgehead atoms. The average molecular weight is 382 g/mol.